The van der Waals surface area contributed by atoms with Crippen LogP contribution in [-0.4, -0.2) is 12.0 Å². The number of aromatic nitrogens is 1. The van der Waals surface area contributed by atoms with Crippen LogP contribution in [0.1, 0.15) is 5.56 Å². The highest BCUT2D eigenvalue weighted by molar-refractivity contribution is 7.21. The quantitative estimate of drug-likeness (QED) is 0.629. The molecule has 0 saturated carbocycles. The molecule has 0 spiro atoms. The normalized spacial score (nSPS) is 11.4. The van der Waals surface area contributed by atoms with Gasteiger partial charge < -0.3 is 5.32 Å². The Morgan fingerprint density at radius 1 is 1.14 bits per heavy atom. The Labute approximate surface area is 131 Å². The van der Waals surface area contributed by atoms with Crippen LogP contribution in [0.2, 0.25) is 5.02 Å². The standard InChI is InChI=1S/C15H13ClN4S/c1-9-7-11(17-2)4-6-12(9)19-20-15-18-13-5-3-10(16)8-14(13)21-15/h3-8,17H,1-2H3/b20-19+. The van der Waals surface area contributed by atoms with Gasteiger partial charge >= 0.3 is 0 Å². The molecular weight excluding hydrogens is 304 g/mol. The van der Waals surface area contributed by atoms with Crippen LogP contribution in [0.25, 0.3) is 10.2 Å². The van der Waals surface area contributed by atoms with Crippen molar-refractivity contribution in [1.29, 1.82) is 0 Å². The third-order valence-corrected chi connectivity index (χ3v) is 4.21. The van der Waals surface area contributed by atoms with E-state index in [4.69, 9.17) is 11.6 Å². The zero-order valence-corrected chi connectivity index (χ0v) is 13.2. The number of benzene rings is 2. The molecule has 3 aromatic rings. The lowest BCUT2D eigenvalue weighted by molar-refractivity contribution is 1.19. The van der Waals surface area contributed by atoms with Gasteiger partial charge in [0.2, 0.25) is 5.13 Å². The topological polar surface area (TPSA) is 49.6 Å². The molecule has 21 heavy (non-hydrogen) atoms. The summed E-state index contributed by atoms with van der Waals surface area (Å²) >= 11 is 7.45. The predicted octanol–water partition coefficient (Wildman–Crippen LogP) is 5.72. The predicted molar refractivity (Wildman–Crippen MR) is 89.5 cm³/mol. The van der Waals surface area contributed by atoms with Gasteiger partial charge in [-0.3, -0.25) is 0 Å². The van der Waals surface area contributed by atoms with E-state index in [1.807, 2.05) is 50.4 Å². The first-order valence-corrected chi connectivity index (χ1v) is 7.61. The van der Waals surface area contributed by atoms with Crippen molar-refractivity contribution in [3.8, 4) is 0 Å². The Morgan fingerprint density at radius 2 is 2.00 bits per heavy atom. The highest BCUT2D eigenvalue weighted by Crippen LogP contribution is 2.31. The van der Waals surface area contributed by atoms with Crippen LogP contribution >= 0.6 is 22.9 Å². The average Bonchev–Trinajstić information content (AvgIpc) is 2.87. The summed E-state index contributed by atoms with van der Waals surface area (Å²) in [6.07, 6.45) is 0. The van der Waals surface area contributed by atoms with Gasteiger partial charge in [0.15, 0.2) is 0 Å². The molecule has 0 saturated heterocycles. The van der Waals surface area contributed by atoms with Gasteiger partial charge in [0, 0.05) is 17.8 Å². The number of nitrogens with one attached hydrogen (secondary N) is 1. The van der Waals surface area contributed by atoms with Crippen LogP contribution in [0.5, 0.6) is 0 Å². The molecule has 0 amide bonds. The second kappa shape index (κ2) is 5.79. The molecule has 0 atom stereocenters. The van der Waals surface area contributed by atoms with Crippen molar-refractivity contribution in [2.75, 3.05) is 12.4 Å². The minimum Gasteiger partial charge on any atom is -0.388 e. The Hall–Kier alpha value is -1.98. The van der Waals surface area contributed by atoms with Gasteiger partial charge in [0.1, 0.15) is 0 Å². The molecule has 3 rings (SSSR count). The summed E-state index contributed by atoms with van der Waals surface area (Å²) in [7, 11) is 1.89. The molecule has 0 aliphatic heterocycles. The number of hydrogen-bond donors (Lipinski definition) is 1. The first-order chi connectivity index (χ1) is 10.2. The Bertz CT molecular complexity index is 826. The van der Waals surface area contributed by atoms with E-state index in [0.717, 1.165) is 27.2 Å². The van der Waals surface area contributed by atoms with Gasteiger partial charge in [-0.25, -0.2) is 4.98 Å². The molecule has 0 aliphatic rings. The van der Waals surface area contributed by atoms with Crippen LogP contribution in [0.4, 0.5) is 16.5 Å². The van der Waals surface area contributed by atoms with E-state index in [2.05, 4.69) is 20.5 Å². The maximum absolute atomic E-state index is 5.97. The summed E-state index contributed by atoms with van der Waals surface area (Å²) in [5.41, 5.74) is 3.85. The molecule has 0 bridgehead atoms. The van der Waals surface area contributed by atoms with Gasteiger partial charge in [-0.05, 0) is 48.9 Å². The summed E-state index contributed by atoms with van der Waals surface area (Å²) < 4.78 is 1.01. The molecule has 6 heteroatoms. The minimum atomic E-state index is 0.629. The van der Waals surface area contributed by atoms with Crippen molar-refractivity contribution in [2.24, 2.45) is 10.2 Å². The Balaban J connectivity index is 1.90. The average molecular weight is 317 g/mol. The number of halogens is 1. The van der Waals surface area contributed by atoms with Crippen LogP contribution < -0.4 is 5.32 Å². The monoisotopic (exact) mass is 316 g/mol. The SMILES string of the molecule is CNc1ccc(/N=N/c2nc3ccc(Cl)cc3s2)c(C)c1. The van der Waals surface area contributed by atoms with Crippen molar-refractivity contribution in [1.82, 2.24) is 4.98 Å². The largest absolute Gasteiger partial charge is 0.388 e. The van der Waals surface area contributed by atoms with E-state index in [1.165, 1.54) is 11.3 Å². The van der Waals surface area contributed by atoms with Gasteiger partial charge in [0.05, 0.1) is 15.9 Å². The number of thiazole rings is 1. The fourth-order valence-corrected chi connectivity index (χ4v) is 3.01. The molecule has 106 valence electrons. The molecule has 0 aliphatic carbocycles. The summed E-state index contributed by atoms with van der Waals surface area (Å²) in [6.45, 7) is 2.01. The second-order valence-corrected chi connectivity index (χ2v) is 6.01. The number of hydrogen-bond acceptors (Lipinski definition) is 5. The molecule has 1 N–H and O–H groups in total. The Kier molecular flexibility index (Phi) is 3.86. The summed E-state index contributed by atoms with van der Waals surface area (Å²) in [6, 6.07) is 11.5. The van der Waals surface area contributed by atoms with Gasteiger partial charge in [-0.15, -0.1) is 10.2 Å². The number of anilines is 1. The van der Waals surface area contributed by atoms with Gasteiger partial charge in [0.25, 0.3) is 0 Å². The van der Waals surface area contributed by atoms with Crippen molar-refractivity contribution in [3.63, 3.8) is 0 Å². The van der Waals surface area contributed by atoms with Crippen LogP contribution in [-0.2, 0) is 0 Å². The van der Waals surface area contributed by atoms with Crippen LogP contribution in [0.15, 0.2) is 46.6 Å². The van der Waals surface area contributed by atoms with E-state index in [1.54, 1.807) is 0 Å². The van der Waals surface area contributed by atoms with Gasteiger partial charge in [-0.1, -0.05) is 22.9 Å². The van der Waals surface area contributed by atoms with E-state index in [-0.39, 0.29) is 0 Å². The molecule has 4 nitrogen and oxygen atoms in total. The molecule has 2 aromatic carbocycles. The zero-order valence-electron chi connectivity index (χ0n) is 11.6. The van der Waals surface area contributed by atoms with Crippen molar-refractivity contribution in [3.05, 3.63) is 47.0 Å². The smallest absolute Gasteiger partial charge is 0.231 e. The fourth-order valence-electron chi connectivity index (χ4n) is 1.95. The third kappa shape index (κ3) is 3.04. The minimum absolute atomic E-state index is 0.629. The molecule has 0 radical (unpaired) electrons. The number of azo groups is 1. The fraction of sp³-hybridized carbons (Fsp3) is 0.133. The molecule has 1 aromatic heterocycles. The number of nitrogens with zero attached hydrogens (tertiary/aromatic N) is 3. The third-order valence-electron chi connectivity index (χ3n) is 3.07. The summed E-state index contributed by atoms with van der Waals surface area (Å²) in [5.74, 6) is 0. The molecule has 0 unspecified atom stereocenters. The zero-order chi connectivity index (χ0) is 14.8. The number of rotatable bonds is 3. The summed E-state index contributed by atoms with van der Waals surface area (Å²) in [5, 5.41) is 12.9. The second-order valence-electron chi connectivity index (χ2n) is 4.56. The van der Waals surface area contributed by atoms with E-state index < -0.39 is 0 Å². The number of fused-ring (bicyclic) bond motifs is 1. The molecular formula is C15H13ClN4S. The van der Waals surface area contributed by atoms with E-state index in [9.17, 15) is 0 Å². The van der Waals surface area contributed by atoms with Crippen molar-refractivity contribution >= 4 is 49.7 Å². The lowest BCUT2D eigenvalue weighted by Crippen LogP contribution is -1.87. The van der Waals surface area contributed by atoms with Crippen LogP contribution in [0.3, 0.4) is 0 Å². The van der Waals surface area contributed by atoms with E-state index in [0.29, 0.717) is 10.2 Å². The molecule has 0 fully saturated rings. The lowest BCUT2D eigenvalue weighted by Gasteiger charge is -2.02. The maximum Gasteiger partial charge on any atom is 0.231 e. The van der Waals surface area contributed by atoms with Crippen LogP contribution in [0, 0.1) is 6.92 Å². The van der Waals surface area contributed by atoms with E-state index >= 15 is 0 Å². The first-order valence-electron chi connectivity index (χ1n) is 6.42. The highest BCUT2D eigenvalue weighted by Gasteiger charge is 2.04. The van der Waals surface area contributed by atoms with Crippen molar-refractivity contribution in [2.45, 2.75) is 6.92 Å². The Morgan fingerprint density at radius 3 is 2.76 bits per heavy atom. The summed E-state index contributed by atoms with van der Waals surface area (Å²) in [4.78, 5) is 4.42. The molecule has 1 heterocycles. The lowest BCUT2D eigenvalue weighted by atomic mass is 10.2. The van der Waals surface area contributed by atoms with Crippen molar-refractivity contribution < 1.29 is 0 Å². The highest BCUT2D eigenvalue weighted by atomic mass is 35.5. The number of aryl methyl sites for hydroxylation is 1. The van der Waals surface area contributed by atoms with Gasteiger partial charge in [-0.2, -0.15) is 0 Å². The maximum atomic E-state index is 5.97. The first kappa shape index (κ1) is 14.0.